The number of carbonyl (C=O) groups excluding carboxylic acids is 1. The molecule has 0 aromatic carbocycles. The number of carbonyl (C=O) groups is 1. The van der Waals surface area contributed by atoms with Gasteiger partial charge in [-0.05, 0) is 46.1 Å². The molecule has 0 aromatic rings. The molecule has 0 saturated heterocycles. The second-order valence-electron chi connectivity index (χ2n) is 6.17. The van der Waals surface area contributed by atoms with Crippen molar-refractivity contribution in [3.8, 4) is 0 Å². The van der Waals surface area contributed by atoms with Gasteiger partial charge in [-0.2, -0.15) is 0 Å². The maximum absolute atomic E-state index is 12.4. The van der Waals surface area contributed by atoms with Crippen molar-refractivity contribution in [1.29, 1.82) is 0 Å². The van der Waals surface area contributed by atoms with E-state index in [1.807, 2.05) is 6.92 Å². The smallest absolute Gasteiger partial charge is 0.237 e. The molecule has 1 fully saturated rings. The molecule has 0 heterocycles. The van der Waals surface area contributed by atoms with Gasteiger partial charge in [-0.15, -0.1) is 0 Å². The van der Waals surface area contributed by atoms with Crippen molar-refractivity contribution in [3.05, 3.63) is 0 Å². The lowest BCUT2D eigenvalue weighted by atomic mass is 9.93. The highest BCUT2D eigenvalue weighted by Gasteiger charge is 2.29. The van der Waals surface area contributed by atoms with Gasteiger partial charge in [-0.3, -0.25) is 9.69 Å². The first-order valence-corrected chi connectivity index (χ1v) is 8.36. The SMILES string of the molecule is CCC(C)NC(=O)C(C)N(CCCN)C1CCCCC1. The van der Waals surface area contributed by atoms with Crippen molar-refractivity contribution < 1.29 is 4.79 Å². The summed E-state index contributed by atoms with van der Waals surface area (Å²) < 4.78 is 0. The van der Waals surface area contributed by atoms with Gasteiger partial charge in [0.25, 0.3) is 0 Å². The van der Waals surface area contributed by atoms with Crippen molar-refractivity contribution in [1.82, 2.24) is 10.2 Å². The quantitative estimate of drug-likeness (QED) is 0.718. The van der Waals surface area contributed by atoms with Gasteiger partial charge in [0, 0.05) is 18.6 Å². The van der Waals surface area contributed by atoms with Crippen LogP contribution >= 0.6 is 0 Å². The lowest BCUT2D eigenvalue weighted by molar-refractivity contribution is -0.127. The van der Waals surface area contributed by atoms with Crippen molar-refractivity contribution in [2.24, 2.45) is 5.73 Å². The molecule has 1 saturated carbocycles. The first-order valence-electron chi connectivity index (χ1n) is 8.36. The van der Waals surface area contributed by atoms with E-state index in [4.69, 9.17) is 5.73 Å². The number of nitrogens with two attached hydrogens (primary N) is 1. The zero-order valence-corrected chi connectivity index (χ0v) is 13.5. The molecule has 1 amide bonds. The van der Waals surface area contributed by atoms with Gasteiger partial charge >= 0.3 is 0 Å². The summed E-state index contributed by atoms with van der Waals surface area (Å²) in [6.45, 7) is 7.85. The third-order valence-electron chi connectivity index (χ3n) is 4.54. The number of nitrogens with one attached hydrogen (secondary N) is 1. The fourth-order valence-corrected chi connectivity index (χ4v) is 3.00. The van der Waals surface area contributed by atoms with Crippen LogP contribution in [0.3, 0.4) is 0 Å². The summed E-state index contributed by atoms with van der Waals surface area (Å²) in [6.07, 6.45) is 8.33. The molecule has 0 aromatic heterocycles. The highest BCUT2D eigenvalue weighted by Crippen LogP contribution is 2.24. The number of nitrogens with zero attached hydrogens (tertiary/aromatic N) is 1. The second kappa shape index (κ2) is 9.35. The predicted molar refractivity (Wildman–Crippen MR) is 84.6 cm³/mol. The van der Waals surface area contributed by atoms with E-state index >= 15 is 0 Å². The van der Waals surface area contributed by atoms with E-state index < -0.39 is 0 Å². The van der Waals surface area contributed by atoms with Crippen LogP contribution < -0.4 is 11.1 Å². The van der Waals surface area contributed by atoms with Gasteiger partial charge in [0.15, 0.2) is 0 Å². The Hall–Kier alpha value is -0.610. The Balaban J connectivity index is 2.62. The van der Waals surface area contributed by atoms with Crippen molar-refractivity contribution in [2.45, 2.75) is 83.8 Å². The monoisotopic (exact) mass is 283 g/mol. The topological polar surface area (TPSA) is 58.4 Å². The van der Waals surface area contributed by atoms with Crippen molar-refractivity contribution >= 4 is 5.91 Å². The van der Waals surface area contributed by atoms with Crippen LogP contribution in [0.2, 0.25) is 0 Å². The van der Waals surface area contributed by atoms with E-state index in [2.05, 4.69) is 24.1 Å². The van der Waals surface area contributed by atoms with Crippen LogP contribution in [-0.2, 0) is 4.79 Å². The molecular weight excluding hydrogens is 250 g/mol. The van der Waals surface area contributed by atoms with E-state index in [0.717, 1.165) is 19.4 Å². The molecule has 0 bridgehead atoms. The maximum atomic E-state index is 12.4. The molecule has 3 N–H and O–H groups in total. The summed E-state index contributed by atoms with van der Waals surface area (Å²) in [5, 5.41) is 3.11. The summed E-state index contributed by atoms with van der Waals surface area (Å²) in [5.74, 6) is 0.168. The third-order valence-corrected chi connectivity index (χ3v) is 4.54. The van der Waals surface area contributed by atoms with Crippen LogP contribution in [0.25, 0.3) is 0 Å². The average molecular weight is 283 g/mol. The number of hydrogen-bond acceptors (Lipinski definition) is 3. The Labute approximate surface area is 124 Å². The first kappa shape index (κ1) is 17.4. The average Bonchev–Trinajstić information content (AvgIpc) is 2.48. The molecule has 0 spiro atoms. The standard InChI is InChI=1S/C16H33N3O/c1-4-13(2)18-16(20)14(3)19(12-8-11-17)15-9-6-5-7-10-15/h13-15H,4-12,17H2,1-3H3,(H,18,20). The van der Waals surface area contributed by atoms with Gasteiger partial charge in [-0.1, -0.05) is 26.2 Å². The van der Waals surface area contributed by atoms with Crippen LogP contribution in [0.5, 0.6) is 0 Å². The van der Waals surface area contributed by atoms with Crippen LogP contribution in [0.1, 0.15) is 65.7 Å². The number of hydrogen-bond donors (Lipinski definition) is 2. The lowest BCUT2D eigenvalue weighted by Crippen LogP contribution is -2.52. The maximum Gasteiger partial charge on any atom is 0.237 e. The molecule has 4 nitrogen and oxygen atoms in total. The third kappa shape index (κ3) is 5.41. The Morgan fingerprint density at radius 2 is 1.95 bits per heavy atom. The molecule has 1 aliphatic carbocycles. The highest BCUT2D eigenvalue weighted by molar-refractivity contribution is 5.81. The summed E-state index contributed by atoms with van der Waals surface area (Å²) in [4.78, 5) is 14.8. The van der Waals surface area contributed by atoms with E-state index in [1.54, 1.807) is 0 Å². The van der Waals surface area contributed by atoms with E-state index in [-0.39, 0.29) is 18.0 Å². The minimum absolute atomic E-state index is 0.0429. The van der Waals surface area contributed by atoms with Gasteiger partial charge in [0.1, 0.15) is 0 Å². The molecule has 2 atom stereocenters. The molecule has 0 radical (unpaired) electrons. The van der Waals surface area contributed by atoms with Gasteiger partial charge in [0.2, 0.25) is 5.91 Å². The van der Waals surface area contributed by atoms with Gasteiger partial charge in [0.05, 0.1) is 6.04 Å². The lowest BCUT2D eigenvalue weighted by Gasteiger charge is -2.38. The van der Waals surface area contributed by atoms with Gasteiger partial charge < -0.3 is 11.1 Å². The summed E-state index contributed by atoms with van der Waals surface area (Å²) >= 11 is 0. The van der Waals surface area contributed by atoms with Crippen LogP contribution in [-0.4, -0.2) is 42.0 Å². The van der Waals surface area contributed by atoms with E-state index in [0.29, 0.717) is 12.6 Å². The normalized spacial score (nSPS) is 19.9. The number of amides is 1. The van der Waals surface area contributed by atoms with Crippen molar-refractivity contribution in [2.75, 3.05) is 13.1 Å². The molecule has 0 aliphatic heterocycles. The summed E-state index contributed by atoms with van der Waals surface area (Å²) in [6, 6.07) is 0.777. The van der Waals surface area contributed by atoms with Crippen LogP contribution in [0.4, 0.5) is 0 Å². The molecule has 1 aliphatic rings. The molecule has 118 valence electrons. The zero-order valence-electron chi connectivity index (χ0n) is 13.5. The molecular formula is C16H33N3O. The highest BCUT2D eigenvalue weighted by atomic mass is 16.2. The number of rotatable bonds is 8. The minimum Gasteiger partial charge on any atom is -0.352 e. The Morgan fingerprint density at radius 3 is 2.50 bits per heavy atom. The molecule has 20 heavy (non-hydrogen) atoms. The largest absolute Gasteiger partial charge is 0.352 e. The van der Waals surface area contributed by atoms with Crippen molar-refractivity contribution in [3.63, 3.8) is 0 Å². The van der Waals surface area contributed by atoms with E-state index in [9.17, 15) is 4.79 Å². The second-order valence-corrected chi connectivity index (χ2v) is 6.17. The Morgan fingerprint density at radius 1 is 1.30 bits per heavy atom. The Kier molecular flexibility index (Phi) is 8.15. The predicted octanol–water partition coefficient (Wildman–Crippen LogP) is 2.27. The zero-order chi connectivity index (χ0) is 15.0. The minimum atomic E-state index is -0.0429. The fraction of sp³-hybridized carbons (Fsp3) is 0.938. The molecule has 2 unspecified atom stereocenters. The van der Waals surface area contributed by atoms with Crippen LogP contribution in [0.15, 0.2) is 0 Å². The summed E-state index contributed by atoms with van der Waals surface area (Å²) in [5.41, 5.74) is 5.66. The van der Waals surface area contributed by atoms with E-state index in [1.165, 1.54) is 32.1 Å². The Bertz CT molecular complexity index is 277. The molecule has 4 heteroatoms. The van der Waals surface area contributed by atoms with Gasteiger partial charge in [-0.25, -0.2) is 0 Å². The van der Waals surface area contributed by atoms with Crippen LogP contribution in [0, 0.1) is 0 Å². The summed E-state index contributed by atoms with van der Waals surface area (Å²) in [7, 11) is 0. The fourth-order valence-electron chi connectivity index (χ4n) is 3.00. The molecule has 1 rings (SSSR count). The first-order chi connectivity index (χ1) is 9.60.